The van der Waals surface area contributed by atoms with Crippen molar-refractivity contribution in [2.24, 2.45) is 0 Å². The molecule has 0 fully saturated rings. The topological polar surface area (TPSA) is 35.0 Å². The number of benzene rings is 1. The van der Waals surface area contributed by atoms with Crippen LogP contribution >= 0.6 is 23.2 Å². The standard InChI is InChI=1S/C13H12Cl2N2O/c1-8(2)18-10-5-3-9(4-6-10)13-16-11(14)7-12(15)17-13/h3-8H,1-2H3. The van der Waals surface area contributed by atoms with Crippen molar-refractivity contribution in [3.8, 4) is 17.1 Å². The fraction of sp³-hybridized carbons (Fsp3) is 0.231. The van der Waals surface area contributed by atoms with Crippen molar-refractivity contribution in [3.63, 3.8) is 0 Å². The number of aromatic nitrogens is 2. The van der Waals surface area contributed by atoms with Crippen LogP contribution in [0.25, 0.3) is 11.4 Å². The van der Waals surface area contributed by atoms with Crippen LogP contribution in [0.4, 0.5) is 0 Å². The van der Waals surface area contributed by atoms with Gasteiger partial charge in [0, 0.05) is 11.6 Å². The Morgan fingerprint density at radius 1 is 1.00 bits per heavy atom. The van der Waals surface area contributed by atoms with E-state index in [0.29, 0.717) is 16.1 Å². The predicted octanol–water partition coefficient (Wildman–Crippen LogP) is 4.24. The van der Waals surface area contributed by atoms with E-state index < -0.39 is 0 Å². The van der Waals surface area contributed by atoms with Gasteiger partial charge in [0.05, 0.1) is 6.10 Å². The summed E-state index contributed by atoms with van der Waals surface area (Å²) in [4.78, 5) is 8.25. The van der Waals surface area contributed by atoms with Crippen molar-refractivity contribution in [1.29, 1.82) is 0 Å². The van der Waals surface area contributed by atoms with E-state index in [2.05, 4.69) is 9.97 Å². The quantitative estimate of drug-likeness (QED) is 0.790. The molecule has 0 bridgehead atoms. The highest BCUT2D eigenvalue weighted by Crippen LogP contribution is 2.23. The van der Waals surface area contributed by atoms with Crippen LogP contribution in [-0.4, -0.2) is 16.1 Å². The molecular weight excluding hydrogens is 271 g/mol. The number of hydrogen-bond acceptors (Lipinski definition) is 3. The maximum Gasteiger partial charge on any atom is 0.162 e. The van der Waals surface area contributed by atoms with Gasteiger partial charge in [0.2, 0.25) is 0 Å². The van der Waals surface area contributed by atoms with Gasteiger partial charge < -0.3 is 4.74 Å². The van der Waals surface area contributed by atoms with E-state index in [0.717, 1.165) is 11.3 Å². The molecule has 1 aromatic heterocycles. The van der Waals surface area contributed by atoms with E-state index in [1.807, 2.05) is 38.1 Å². The minimum Gasteiger partial charge on any atom is -0.491 e. The molecule has 0 saturated heterocycles. The van der Waals surface area contributed by atoms with E-state index in [-0.39, 0.29) is 6.10 Å². The molecule has 2 aromatic rings. The molecule has 0 aliphatic carbocycles. The molecule has 2 rings (SSSR count). The normalized spacial score (nSPS) is 10.7. The van der Waals surface area contributed by atoms with Crippen molar-refractivity contribution in [2.45, 2.75) is 20.0 Å². The Bertz CT molecular complexity index is 521. The summed E-state index contributed by atoms with van der Waals surface area (Å²) in [6.07, 6.45) is 0.146. The summed E-state index contributed by atoms with van der Waals surface area (Å²) in [5, 5.41) is 0.653. The molecule has 0 amide bonds. The molecule has 0 atom stereocenters. The van der Waals surface area contributed by atoms with E-state index >= 15 is 0 Å². The van der Waals surface area contributed by atoms with Gasteiger partial charge >= 0.3 is 0 Å². The molecule has 0 aliphatic rings. The van der Waals surface area contributed by atoms with Crippen LogP contribution in [0, 0.1) is 0 Å². The average molecular weight is 283 g/mol. The summed E-state index contributed by atoms with van der Waals surface area (Å²) in [6, 6.07) is 8.99. The number of ether oxygens (including phenoxy) is 1. The van der Waals surface area contributed by atoms with Crippen LogP contribution in [0.1, 0.15) is 13.8 Å². The maximum atomic E-state index is 5.84. The molecule has 0 unspecified atom stereocenters. The smallest absolute Gasteiger partial charge is 0.162 e. The average Bonchev–Trinajstić information content (AvgIpc) is 2.27. The van der Waals surface area contributed by atoms with Gasteiger partial charge in [-0.25, -0.2) is 9.97 Å². The molecule has 1 heterocycles. The lowest BCUT2D eigenvalue weighted by Gasteiger charge is -2.09. The SMILES string of the molecule is CC(C)Oc1ccc(-c2nc(Cl)cc(Cl)n2)cc1. The Balaban J connectivity index is 2.28. The van der Waals surface area contributed by atoms with Crippen molar-refractivity contribution in [3.05, 3.63) is 40.6 Å². The van der Waals surface area contributed by atoms with Crippen LogP contribution in [0.3, 0.4) is 0 Å². The Morgan fingerprint density at radius 3 is 2.06 bits per heavy atom. The Hall–Kier alpha value is -1.32. The molecule has 0 saturated carbocycles. The summed E-state index contributed by atoms with van der Waals surface area (Å²) in [5.74, 6) is 1.31. The summed E-state index contributed by atoms with van der Waals surface area (Å²) < 4.78 is 5.56. The fourth-order valence-corrected chi connectivity index (χ4v) is 1.90. The first kappa shape index (κ1) is 13.1. The van der Waals surface area contributed by atoms with Crippen molar-refractivity contribution in [2.75, 3.05) is 0 Å². The summed E-state index contributed by atoms with van der Waals surface area (Å²) in [6.45, 7) is 3.96. The van der Waals surface area contributed by atoms with E-state index in [9.17, 15) is 0 Å². The van der Waals surface area contributed by atoms with Crippen LogP contribution in [0.15, 0.2) is 30.3 Å². The number of rotatable bonds is 3. The first-order valence-corrected chi connectivity index (χ1v) is 6.27. The second kappa shape index (κ2) is 5.55. The molecule has 1 aromatic carbocycles. The highest BCUT2D eigenvalue weighted by Gasteiger charge is 2.05. The molecule has 0 spiro atoms. The number of nitrogens with zero attached hydrogens (tertiary/aromatic N) is 2. The second-order valence-electron chi connectivity index (χ2n) is 4.03. The zero-order valence-electron chi connectivity index (χ0n) is 10.0. The Kier molecular flexibility index (Phi) is 4.04. The van der Waals surface area contributed by atoms with Gasteiger partial charge in [-0.3, -0.25) is 0 Å². The molecule has 5 heteroatoms. The van der Waals surface area contributed by atoms with Crippen LogP contribution in [-0.2, 0) is 0 Å². The van der Waals surface area contributed by atoms with Crippen molar-refractivity contribution >= 4 is 23.2 Å². The van der Waals surface area contributed by atoms with Crippen LogP contribution in [0.5, 0.6) is 5.75 Å². The molecule has 3 nitrogen and oxygen atoms in total. The lowest BCUT2D eigenvalue weighted by atomic mass is 10.2. The minimum atomic E-state index is 0.146. The van der Waals surface area contributed by atoms with Crippen LogP contribution in [0.2, 0.25) is 10.3 Å². The number of halogens is 2. The molecular formula is C13H12Cl2N2O. The van der Waals surface area contributed by atoms with Gasteiger partial charge in [-0.2, -0.15) is 0 Å². The van der Waals surface area contributed by atoms with Gasteiger partial charge in [-0.15, -0.1) is 0 Å². The largest absolute Gasteiger partial charge is 0.491 e. The monoisotopic (exact) mass is 282 g/mol. The zero-order chi connectivity index (χ0) is 13.1. The van der Waals surface area contributed by atoms with Gasteiger partial charge in [-0.05, 0) is 38.1 Å². The van der Waals surface area contributed by atoms with E-state index in [1.54, 1.807) is 0 Å². The Morgan fingerprint density at radius 2 is 1.56 bits per heavy atom. The third kappa shape index (κ3) is 3.34. The lowest BCUT2D eigenvalue weighted by molar-refractivity contribution is 0.242. The van der Waals surface area contributed by atoms with Gasteiger partial charge in [-0.1, -0.05) is 23.2 Å². The molecule has 0 aliphatic heterocycles. The second-order valence-corrected chi connectivity index (χ2v) is 4.80. The highest BCUT2D eigenvalue weighted by molar-refractivity contribution is 6.33. The lowest BCUT2D eigenvalue weighted by Crippen LogP contribution is -2.05. The van der Waals surface area contributed by atoms with Crippen molar-refractivity contribution in [1.82, 2.24) is 9.97 Å². The van der Waals surface area contributed by atoms with Gasteiger partial charge in [0.25, 0.3) is 0 Å². The maximum absolute atomic E-state index is 5.84. The molecule has 0 N–H and O–H groups in total. The van der Waals surface area contributed by atoms with E-state index in [1.165, 1.54) is 6.07 Å². The van der Waals surface area contributed by atoms with Gasteiger partial charge in [0.15, 0.2) is 5.82 Å². The third-order valence-corrected chi connectivity index (χ3v) is 2.54. The van der Waals surface area contributed by atoms with E-state index in [4.69, 9.17) is 27.9 Å². The summed E-state index contributed by atoms with van der Waals surface area (Å²) in [5.41, 5.74) is 0.843. The first-order chi connectivity index (χ1) is 8.54. The minimum absolute atomic E-state index is 0.146. The molecule has 18 heavy (non-hydrogen) atoms. The number of hydrogen-bond donors (Lipinski definition) is 0. The summed E-state index contributed by atoms with van der Waals surface area (Å²) in [7, 11) is 0. The third-order valence-electron chi connectivity index (χ3n) is 2.15. The highest BCUT2D eigenvalue weighted by atomic mass is 35.5. The van der Waals surface area contributed by atoms with Crippen LogP contribution < -0.4 is 4.74 Å². The summed E-state index contributed by atoms with van der Waals surface area (Å²) >= 11 is 11.7. The fourth-order valence-electron chi connectivity index (χ4n) is 1.47. The zero-order valence-corrected chi connectivity index (χ0v) is 11.5. The van der Waals surface area contributed by atoms with Gasteiger partial charge in [0.1, 0.15) is 16.1 Å². The predicted molar refractivity (Wildman–Crippen MR) is 73.3 cm³/mol. The first-order valence-electron chi connectivity index (χ1n) is 5.52. The Labute approximate surface area is 116 Å². The van der Waals surface area contributed by atoms with Crippen molar-refractivity contribution < 1.29 is 4.74 Å². The molecule has 94 valence electrons. The molecule has 0 radical (unpaired) electrons.